The molecule has 2 fully saturated rings. The fourth-order valence-electron chi connectivity index (χ4n) is 3.97. The molecule has 2 saturated heterocycles. The minimum Gasteiger partial charge on any atom is -0.375 e. The van der Waals surface area contributed by atoms with E-state index in [0.717, 1.165) is 45.9 Å². The lowest BCUT2D eigenvalue weighted by molar-refractivity contribution is -0.0242. The van der Waals surface area contributed by atoms with Gasteiger partial charge in [0.15, 0.2) is 0 Å². The molecule has 0 saturated carbocycles. The molecule has 2 aliphatic heterocycles. The second kappa shape index (κ2) is 8.04. The Kier molecular flexibility index (Phi) is 5.35. The van der Waals surface area contributed by atoms with Crippen LogP contribution < -0.4 is 0 Å². The van der Waals surface area contributed by atoms with Crippen LogP contribution in [0.1, 0.15) is 17.5 Å². The lowest BCUT2D eigenvalue weighted by Crippen LogP contribution is -2.46. The quantitative estimate of drug-likeness (QED) is 0.855. The SMILES string of the molecule is c1cncc(CN2CCO[C@H]3CN(Cc4ccncc4)CC[C@H]3C2)c1. The van der Waals surface area contributed by atoms with Crippen molar-refractivity contribution in [1.29, 1.82) is 0 Å². The first-order chi connectivity index (χ1) is 12.4. The molecule has 4 rings (SSSR count). The van der Waals surface area contributed by atoms with Crippen LogP contribution in [0.5, 0.6) is 0 Å². The molecule has 5 heteroatoms. The Morgan fingerprint density at radius 3 is 2.60 bits per heavy atom. The van der Waals surface area contributed by atoms with Crippen LogP contribution in [0, 0.1) is 5.92 Å². The number of hydrogen-bond donors (Lipinski definition) is 0. The number of piperidine rings is 1. The van der Waals surface area contributed by atoms with Gasteiger partial charge in [-0.2, -0.15) is 0 Å². The van der Waals surface area contributed by atoms with Gasteiger partial charge in [-0.1, -0.05) is 6.07 Å². The van der Waals surface area contributed by atoms with Crippen molar-refractivity contribution in [3.8, 4) is 0 Å². The topological polar surface area (TPSA) is 41.5 Å². The van der Waals surface area contributed by atoms with E-state index in [1.165, 1.54) is 17.5 Å². The Morgan fingerprint density at radius 1 is 0.920 bits per heavy atom. The monoisotopic (exact) mass is 338 g/mol. The van der Waals surface area contributed by atoms with Crippen molar-refractivity contribution >= 4 is 0 Å². The smallest absolute Gasteiger partial charge is 0.0743 e. The first-order valence-corrected chi connectivity index (χ1v) is 9.21. The van der Waals surface area contributed by atoms with Gasteiger partial charge in [0.05, 0.1) is 12.7 Å². The number of ether oxygens (including phenoxy) is 1. The third-order valence-electron chi connectivity index (χ3n) is 5.30. The highest BCUT2D eigenvalue weighted by Crippen LogP contribution is 2.25. The number of aromatic nitrogens is 2. The largest absolute Gasteiger partial charge is 0.375 e. The first kappa shape index (κ1) is 16.6. The van der Waals surface area contributed by atoms with E-state index in [1.807, 2.05) is 30.9 Å². The van der Waals surface area contributed by atoms with Gasteiger partial charge in [-0.15, -0.1) is 0 Å². The van der Waals surface area contributed by atoms with Crippen LogP contribution in [0.25, 0.3) is 0 Å². The lowest BCUT2D eigenvalue weighted by atomic mass is 9.93. The van der Waals surface area contributed by atoms with E-state index in [9.17, 15) is 0 Å². The normalized spacial score (nSPS) is 25.3. The molecule has 4 heterocycles. The Morgan fingerprint density at radius 2 is 1.76 bits per heavy atom. The molecule has 2 aromatic heterocycles. The number of likely N-dealkylation sites (tertiary alicyclic amines) is 1. The zero-order valence-corrected chi connectivity index (χ0v) is 14.6. The molecule has 0 N–H and O–H groups in total. The summed E-state index contributed by atoms with van der Waals surface area (Å²) in [4.78, 5) is 13.4. The van der Waals surface area contributed by atoms with Crippen LogP contribution in [0.15, 0.2) is 49.1 Å². The van der Waals surface area contributed by atoms with Gasteiger partial charge in [-0.05, 0) is 42.3 Å². The summed E-state index contributed by atoms with van der Waals surface area (Å²) < 4.78 is 6.23. The Balaban J connectivity index is 1.34. The van der Waals surface area contributed by atoms with Crippen molar-refractivity contribution in [1.82, 2.24) is 19.8 Å². The van der Waals surface area contributed by atoms with Crippen molar-refractivity contribution < 1.29 is 4.74 Å². The first-order valence-electron chi connectivity index (χ1n) is 9.21. The highest BCUT2D eigenvalue weighted by Gasteiger charge is 2.33. The molecule has 0 unspecified atom stereocenters. The van der Waals surface area contributed by atoms with Gasteiger partial charge in [-0.25, -0.2) is 0 Å². The van der Waals surface area contributed by atoms with Crippen molar-refractivity contribution in [3.63, 3.8) is 0 Å². The molecular formula is C20H26N4O. The Bertz CT molecular complexity index is 651. The molecule has 0 amide bonds. The van der Waals surface area contributed by atoms with Gasteiger partial charge in [-0.3, -0.25) is 19.8 Å². The predicted octanol–water partition coefficient (Wildman–Crippen LogP) is 2.20. The van der Waals surface area contributed by atoms with E-state index in [1.54, 1.807) is 0 Å². The summed E-state index contributed by atoms with van der Waals surface area (Å²) >= 11 is 0. The molecule has 2 aliphatic rings. The van der Waals surface area contributed by atoms with Gasteiger partial charge < -0.3 is 4.74 Å². The molecule has 2 atom stereocenters. The zero-order chi connectivity index (χ0) is 16.9. The van der Waals surface area contributed by atoms with Crippen LogP contribution in [0.3, 0.4) is 0 Å². The number of hydrogen-bond acceptors (Lipinski definition) is 5. The molecule has 5 nitrogen and oxygen atoms in total. The maximum Gasteiger partial charge on any atom is 0.0743 e. The van der Waals surface area contributed by atoms with Gasteiger partial charge in [0.1, 0.15) is 0 Å². The van der Waals surface area contributed by atoms with Gasteiger partial charge in [0.25, 0.3) is 0 Å². The summed E-state index contributed by atoms with van der Waals surface area (Å²) in [5, 5.41) is 0. The average Bonchev–Trinajstić information content (AvgIpc) is 2.85. The lowest BCUT2D eigenvalue weighted by Gasteiger charge is -2.38. The van der Waals surface area contributed by atoms with E-state index in [4.69, 9.17) is 4.74 Å². The summed E-state index contributed by atoms with van der Waals surface area (Å²) in [6.45, 7) is 7.11. The molecule has 0 spiro atoms. The third kappa shape index (κ3) is 4.42. The van der Waals surface area contributed by atoms with Crippen LogP contribution in [-0.2, 0) is 17.8 Å². The molecule has 0 aliphatic carbocycles. The van der Waals surface area contributed by atoms with Crippen molar-refractivity contribution in [3.05, 3.63) is 60.2 Å². The summed E-state index contributed by atoms with van der Waals surface area (Å²) in [7, 11) is 0. The minimum absolute atomic E-state index is 0.356. The fourth-order valence-corrected chi connectivity index (χ4v) is 3.97. The van der Waals surface area contributed by atoms with Crippen molar-refractivity contribution in [2.24, 2.45) is 5.92 Å². The maximum absolute atomic E-state index is 6.23. The number of nitrogens with zero attached hydrogens (tertiary/aromatic N) is 4. The maximum atomic E-state index is 6.23. The van der Waals surface area contributed by atoms with Crippen LogP contribution >= 0.6 is 0 Å². The van der Waals surface area contributed by atoms with Crippen LogP contribution in [0.2, 0.25) is 0 Å². The highest BCUT2D eigenvalue weighted by atomic mass is 16.5. The van der Waals surface area contributed by atoms with E-state index in [-0.39, 0.29) is 0 Å². The number of pyridine rings is 2. The zero-order valence-electron chi connectivity index (χ0n) is 14.6. The number of rotatable bonds is 4. The molecule has 2 aromatic rings. The molecular weight excluding hydrogens is 312 g/mol. The fraction of sp³-hybridized carbons (Fsp3) is 0.500. The minimum atomic E-state index is 0.356. The van der Waals surface area contributed by atoms with Crippen molar-refractivity contribution in [2.75, 3.05) is 32.8 Å². The molecule has 0 radical (unpaired) electrons. The van der Waals surface area contributed by atoms with E-state index < -0.39 is 0 Å². The van der Waals surface area contributed by atoms with E-state index >= 15 is 0 Å². The van der Waals surface area contributed by atoms with Crippen molar-refractivity contribution in [2.45, 2.75) is 25.6 Å². The standard InChI is InChI=1S/C20H26N4O/c1-2-18(12-22-6-1)14-24-10-11-25-20-16-23(9-5-19(20)15-24)13-17-3-7-21-8-4-17/h1-4,6-8,12,19-20H,5,9-11,13-16H2/t19-,20-/m0/s1. The molecule has 25 heavy (non-hydrogen) atoms. The average molecular weight is 338 g/mol. The predicted molar refractivity (Wildman–Crippen MR) is 96.9 cm³/mol. The summed E-state index contributed by atoms with van der Waals surface area (Å²) in [5.41, 5.74) is 2.62. The Labute approximate surface area is 149 Å². The molecule has 0 aromatic carbocycles. The molecule has 0 bridgehead atoms. The van der Waals surface area contributed by atoms with Gasteiger partial charge >= 0.3 is 0 Å². The van der Waals surface area contributed by atoms with Crippen LogP contribution in [0.4, 0.5) is 0 Å². The van der Waals surface area contributed by atoms with Gasteiger partial charge in [0.2, 0.25) is 0 Å². The third-order valence-corrected chi connectivity index (χ3v) is 5.30. The number of fused-ring (bicyclic) bond motifs is 1. The Hall–Kier alpha value is -1.82. The summed E-state index contributed by atoms with van der Waals surface area (Å²) in [5.74, 6) is 0.632. The van der Waals surface area contributed by atoms with E-state index in [2.05, 4.69) is 38.0 Å². The second-order valence-electron chi connectivity index (χ2n) is 7.14. The van der Waals surface area contributed by atoms with E-state index in [0.29, 0.717) is 12.0 Å². The van der Waals surface area contributed by atoms with Crippen LogP contribution in [-0.4, -0.2) is 58.7 Å². The highest BCUT2D eigenvalue weighted by molar-refractivity contribution is 5.10. The molecule has 132 valence electrons. The summed E-state index contributed by atoms with van der Waals surface area (Å²) in [6, 6.07) is 8.39. The second-order valence-corrected chi connectivity index (χ2v) is 7.14. The van der Waals surface area contributed by atoms with Gasteiger partial charge in [0, 0.05) is 63.4 Å². The summed E-state index contributed by atoms with van der Waals surface area (Å²) in [6.07, 6.45) is 9.12.